The Morgan fingerprint density at radius 1 is 1.50 bits per heavy atom. The van der Waals surface area contributed by atoms with E-state index in [0.29, 0.717) is 11.1 Å². The van der Waals surface area contributed by atoms with Crippen molar-refractivity contribution in [1.82, 2.24) is 5.32 Å². The Kier molecular flexibility index (Phi) is 3.62. The van der Waals surface area contributed by atoms with Crippen molar-refractivity contribution in [3.8, 4) is 0 Å². The van der Waals surface area contributed by atoms with Crippen LogP contribution in [0.3, 0.4) is 0 Å². The van der Waals surface area contributed by atoms with Crippen LogP contribution < -0.4 is 5.32 Å². The van der Waals surface area contributed by atoms with E-state index >= 15 is 0 Å². The Bertz CT molecular complexity index is 376. The smallest absolute Gasteiger partial charge is 0.138 e. The lowest BCUT2D eigenvalue weighted by Gasteiger charge is -2.27. The SMILES string of the molecule is Cc1cc(F)c(Br)c(C2CNCCO2)c1C. The van der Waals surface area contributed by atoms with Crippen LogP contribution in [0, 0.1) is 19.7 Å². The van der Waals surface area contributed by atoms with E-state index in [-0.39, 0.29) is 11.9 Å². The van der Waals surface area contributed by atoms with E-state index in [1.807, 2.05) is 13.8 Å². The van der Waals surface area contributed by atoms with Crippen LogP contribution in [0.2, 0.25) is 0 Å². The zero-order valence-corrected chi connectivity index (χ0v) is 11.0. The molecule has 1 aromatic carbocycles. The number of hydrogen-bond donors (Lipinski definition) is 1. The van der Waals surface area contributed by atoms with Crippen LogP contribution in [0.1, 0.15) is 22.8 Å². The van der Waals surface area contributed by atoms with E-state index in [0.717, 1.165) is 29.8 Å². The standard InChI is InChI=1S/C12H15BrFNO/c1-7-5-9(14)12(13)11(8(7)2)10-6-15-3-4-16-10/h5,10,15H,3-4,6H2,1-2H3. The van der Waals surface area contributed by atoms with E-state index in [1.54, 1.807) is 6.07 Å². The summed E-state index contributed by atoms with van der Waals surface area (Å²) in [5, 5.41) is 3.26. The van der Waals surface area contributed by atoms with Gasteiger partial charge in [-0.05, 0) is 47.0 Å². The maximum atomic E-state index is 13.7. The molecule has 0 radical (unpaired) electrons. The van der Waals surface area contributed by atoms with Crippen molar-refractivity contribution in [3.63, 3.8) is 0 Å². The van der Waals surface area contributed by atoms with Crippen LogP contribution in [-0.4, -0.2) is 19.7 Å². The lowest BCUT2D eigenvalue weighted by molar-refractivity contribution is 0.0266. The first kappa shape index (κ1) is 12.0. The second-order valence-electron chi connectivity index (χ2n) is 4.09. The molecule has 0 spiro atoms. The number of benzene rings is 1. The molecule has 1 aliphatic heterocycles. The van der Waals surface area contributed by atoms with Crippen LogP contribution >= 0.6 is 15.9 Å². The number of rotatable bonds is 1. The van der Waals surface area contributed by atoms with Gasteiger partial charge in [-0.1, -0.05) is 0 Å². The van der Waals surface area contributed by atoms with Gasteiger partial charge in [0.1, 0.15) is 5.82 Å². The van der Waals surface area contributed by atoms with Gasteiger partial charge in [-0.15, -0.1) is 0 Å². The molecule has 1 unspecified atom stereocenters. The second kappa shape index (κ2) is 4.82. The number of halogens is 2. The maximum absolute atomic E-state index is 13.7. The Balaban J connectivity index is 2.45. The van der Waals surface area contributed by atoms with Gasteiger partial charge in [-0.3, -0.25) is 0 Å². The van der Waals surface area contributed by atoms with Gasteiger partial charge in [0.05, 0.1) is 17.2 Å². The molecule has 1 aromatic rings. The lowest BCUT2D eigenvalue weighted by Crippen LogP contribution is -2.34. The summed E-state index contributed by atoms with van der Waals surface area (Å²) in [6.07, 6.45) is -0.0578. The van der Waals surface area contributed by atoms with Crippen molar-refractivity contribution in [1.29, 1.82) is 0 Å². The van der Waals surface area contributed by atoms with Crippen molar-refractivity contribution >= 4 is 15.9 Å². The summed E-state index contributed by atoms with van der Waals surface area (Å²) < 4.78 is 19.9. The summed E-state index contributed by atoms with van der Waals surface area (Å²) >= 11 is 3.32. The minimum absolute atomic E-state index is 0.0578. The molecule has 2 rings (SSSR count). The molecule has 1 N–H and O–H groups in total. The first-order valence-corrected chi connectivity index (χ1v) is 6.18. The van der Waals surface area contributed by atoms with Gasteiger partial charge in [0.15, 0.2) is 0 Å². The van der Waals surface area contributed by atoms with Crippen LogP contribution in [0.15, 0.2) is 10.5 Å². The van der Waals surface area contributed by atoms with Gasteiger partial charge in [0.25, 0.3) is 0 Å². The molecule has 0 bridgehead atoms. The summed E-state index contributed by atoms with van der Waals surface area (Å²) in [7, 11) is 0. The summed E-state index contributed by atoms with van der Waals surface area (Å²) in [5.41, 5.74) is 3.00. The fourth-order valence-corrected chi connectivity index (χ4v) is 2.67. The quantitative estimate of drug-likeness (QED) is 0.858. The Morgan fingerprint density at radius 2 is 2.25 bits per heavy atom. The molecule has 0 amide bonds. The van der Waals surface area contributed by atoms with Crippen LogP contribution in [0.5, 0.6) is 0 Å². The largest absolute Gasteiger partial charge is 0.371 e. The minimum atomic E-state index is -0.215. The van der Waals surface area contributed by atoms with Gasteiger partial charge >= 0.3 is 0 Å². The van der Waals surface area contributed by atoms with Crippen LogP contribution in [0.25, 0.3) is 0 Å². The van der Waals surface area contributed by atoms with Crippen molar-refractivity contribution in [3.05, 3.63) is 33.0 Å². The molecule has 1 saturated heterocycles. The first-order valence-electron chi connectivity index (χ1n) is 5.38. The normalized spacial score (nSPS) is 21.1. The van der Waals surface area contributed by atoms with E-state index in [2.05, 4.69) is 21.2 Å². The third-order valence-corrected chi connectivity index (χ3v) is 3.84. The summed E-state index contributed by atoms with van der Waals surface area (Å²) in [5.74, 6) is -0.215. The average Bonchev–Trinajstić information content (AvgIpc) is 2.28. The number of aryl methyl sites for hydroxylation is 1. The molecular weight excluding hydrogens is 273 g/mol. The second-order valence-corrected chi connectivity index (χ2v) is 4.88. The van der Waals surface area contributed by atoms with Gasteiger partial charge in [-0.25, -0.2) is 4.39 Å². The monoisotopic (exact) mass is 287 g/mol. The molecule has 1 heterocycles. The van der Waals surface area contributed by atoms with Crippen LogP contribution in [0.4, 0.5) is 4.39 Å². The lowest BCUT2D eigenvalue weighted by atomic mass is 9.98. The highest BCUT2D eigenvalue weighted by molar-refractivity contribution is 9.10. The van der Waals surface area contributed by atoms with Crippen molar-refractivity contribution < 1.29 is 9.13 Å². The van der Waals surface area contributed by atoms with Gasteiger partial charge in [0, 0.05) is 18.7 Å². The zero-order chi connectivity index (χ0) is 11.7. The minimum Gasteiger partial charge on any atom is -0.371 e. The Hall–Kier alpha value is -0.450. The molecule has 4 heteroatoms. The van der Waals surface area contributed by atoms with Crippen molar-refractivity contribution in [2.24, 2.45) is 0 Å². The number of hydrogen-bond acceptors (Lipinski definition) is 2. The van der Waals surface area contributed by atoms with Gasteiger partial charge in [-0.2, -0.15) is 0 Å². The van der Waals surface area contributed by atoms with Gasteiger partial charge < -0.3 is 10.1 Å². The van der Waals surface area contributed by atoms with Crippen molar-refractivity contribution in [2.75, 3.05) is 19.7 Å². The predicted octanol–water partition coefficient (Wildman–Crippen LogP) is 2.87. The summed E-state index contributed by atoms with van der Waals surface area (Å²) in [6.45, 7) is 6.20. The molecule has 16 heavy (non-hydrogen) atoms. The van der Waals surface area contributed by atoms with Crippen molar-refractivity contribution in [2.45, 2.75) is 20.0 Å². The molecule has 0 aromatic heterocycles. The Labute approximate surface area is 103 Å². The number of ether oxygens (including phenoxy) is 1. The van der Waals surface area contributed by atoms with E-state index in [1.165, 1.54) is 0 Å². The number of morpholine rings is 1. The fourth-order valence-electron chi connectivity index (χ4n) is 2.00. The average molecular weight is 288 g/mol. The van der Waals surface area contributed by atoms with Crippen LogP contribution in [-0.2, 0) is 4.74 Å². The topological polar surface area (TPSA) is 21.3 Å². The third kappa shape index (κ3) is 2.14. The maximum Gasteiger partial charge on any atom is 0.138 e. The highest BCUT2D eigenvalue weighted by atomic mass is 79.9. The molecule has 1 aliphatic rings. The molecular formula is C12H15BrFNO. The zero-order valence-electron chi connectivity index (χ0n) is 9.44. The highest BCUT2D eigenvalue weighted by Crippen LogP contribution is 2.33. The van der Waals surface area contributed by atoms with Gasteiger partial charge in [0.2, 0.25) is 0 Å². The third-order valence-electron chi connectivity index (χ3n) is 3.03. The predicted molar refractivity (Wildman–Crippen MR) is 65.1 cm³/mol. The number of nitrogens with one attached hydrogen (secondary N) is 1. The molecule has 2 nitrogen and oxygen atoms in total. The Morgan fingerprint density at radius 3 is 2.88 bits per heavy atom. The first-order chi connectivity index (χ1) is 7.61. The van der Waals surface area contributed by atoms with E-state index in [4.69, 9.17) is 4.74 Å². The molecule has 0 saturated carbocycles. The highest BCUT2D eigenvalue weighted by Gasteiger charge is 2.23. The van der Waals surface area contributed by atoms with E-state index < -0.39 is 0 Å². The fraction of sp³-hybridized carbons (Fsp3) is 0.500. The molecule has 0 aliphatic carbocycles. The molecule has 1 fully saturated rings. The molecule has 88 valence electrons. The van der Waals surface area contributed by atoms with E-state index in [9.17, 15) is 4.39 Å². The molecule has 1 atom stereocenters. The summed E-state index contributed by atoms with van der Waals surface area (Å²) in [4.78, 5) is 0. The summed E-state index contributed by atoms with van der Waals surface area (Å²) in [6, 6.07) is 1.55.